The summed E-state index contributed by atoms with van der Waals surface area (Å²) < 4.78 is 21.6. The van der Waals surface area contributed by atoms with E-state index in [1.165, 1.54) is 41.8 Å². The number of amides is 1. The van der Waals surface area contributed by atoms with Gasteiger partial charge in [0.2, 0.25) is 11.7 Å². The van der Waals surface area contributed by atoms with Crippen LogP contribution in [0.3, 0.4) is 0 Å². The van der Waals surface area contributed by atoms with Crippen LogP contribution in [0.25, 0.3) is 17.1 Å². The molecule has 40 heavy (non-hydrogen) atoms. The van der Waals surface area contributed by atoms with Gasteiger partial charge in [0.1, 0.15) is 0 Å². The molecule has 11 heteroatoms. The predicted octanol–water partition coefficient (Wildman–Crippen LogP) is 3.06. The van der Waals surface area contributed by atoms with Gasteiger partial charge in [-0.25, -0.2) is 0 Å². The Labute approximate surface area is 232 Å². The predicted molar refractivity (Wildman–Crippen MR) is 148 cm³/mol. The second-order valence-electron chi connectivity index (χ2n) is 9.44. The summed E-state index contributed by atoms with van der Waals surface area (Å²) in [5, 5.41) is 12.8. The van der Waals surface area contributed by atoms with Crippen molar-refractivity contribution in [2.75, 3.05) is 41.5 Å². The second kappa shape index (κ2) is 11.6. The second-order valence-corrected chi connectivity index (χ2v) is 9.44. The van der Waals surface area contributed by atoms with Crippen molar-refractivity contribution in [2.45, 2.75) is 19.4 Å². The van der Waals surface area contributed by atoms with Crippen LogP contribution in [0.15, 0.2) is 48.5 Å². The Kier molecular flexibility index (Phi) is 7.83. The Morgan fingerprint density at radius 3 is 2.15 bits per heavy atom. The van der Waals surface area contributed by atoms with E-state index in [1.54, 1.807) is 20.3 Å². The highest BCUT2D eigenvalue weighted by atomic mass is 16.5. The van der Waals surface area contributed by atoms with Crippen molar-refractivity contribution >= 4 is 5.91 Å². The summed E-state index contributed by atoms with van der Waals surface area (Å²) in [5.41, 5.74) is 10.8. The zero-order valence-corrected chi connectivity index (χ0v) is 23.0. The molecule has 0 saturated heterocycles. The fraction of sp³-hybridized carbons (Fsp3) is 0.310. The van der Waals surface area contributed by atoms with Crippen LogP contribution in [0.1, 0.15) is 27.0 Å². The van der Waals surface area contributed by atoms with Gasteiger partial charge in [-0.15, -0.1) is 15.0 Å². The lowest BCUT2D eigenvalue weighted by Gasteiger charge is -2.29. The van der Waals surface area contributed by atoms with Crippen LogP contribution in [-0.2, 0) is 19.4 Å². The van der Waals surface area contributed by atoms with Crippen LogP contribution in [0.5, 0.6) is 23.0 Å². The number of aromatic nitrogens is 4. The highest BCUT2D eigenvalue weighted by Gasteiger charge is 2.21. The first kappa shape index (κ1) is 26.9. The van der Waals surface area contributed by atoms with E-state index < -0.39 is 5.91 Å². The zero-order valence-electron chi connectivity index (χ0n) is 23.0. The topological polar surface area (TPSA) is 127 Å². The number of hydrogen-bond donors (Lipinski definition) is 1. The van der Waals surface area contributed by atoms with Gasteiger partial charge in [-0.3, -0.25) is 9.69 Å². The standard InChI is InChI=1S/C29H32N6O5/c1-37-24-13-19-10-12-34(17-20(19)14-25(24)38-2)11-9-18-5-7-21(8-6-18)35-32-29(31-33-35)23-16-27(40-4)26(39-3)15-22(23)28(30)36/h5-8,13-16H,9-12,17H2,1-4H3,(H2,30,36). The molecule has 11 nitrogen and oxygen atoms in total. The van der Waals surface area contributed by atoms with E-state index in [2.05, 4.69) is 44.6 Å². The lowest BCUT2D eigenvalue weighted by atomic mass is 9.98. The number of fused-ring (bicyclic) bond motifs is 1. The molecule has 0 aliphatic carbocycles. The Morgan fingerprint density at radius 1 is 0.875 bits per heavy atom. The van der Waals surface area contributed by atoms with Crippen molar-refractivity contribution in [2.24, 2.45) is 5.73 Å². The molecule has 5 rings (SSSR count). The van der Waals surface area contributed by atoms with E-state index in [0.29, 0.717) is 17.1 Å². The molecule has 0 radical (unpaired) electrons. The minimum Gasteiger partial charge on any atom is -0.493 e. The van der Waals surface area contributed by atoms with Gasteiger partial charge in [0.05, 0.1) is 39.7 Å². The minimum absolute atomic E-state index is 0.213. The summed E-state index contributed by atoms with van der Waals surface area (Å²) in [4.78, 5) is 16.0. The molecular weight excluding hydrogens is 512 g/mol. The highest BCUT2D eigenvalue weighted by molar-refractivity contribution is 6.00. The van der Waals surface area contributed by atoms with E-state index >= 15 is 0 Å². The zero-order chi connectivity index (χ0) is 28.2. The number of methoxy groups -OCH3 is 4. The molecule has 2 heterocycles. The molecule has 0 spiro atoms. The Hall–Kier alpha value is -4.64. The fourth-order valence-electron chi connectivity index (χ4n) is 4.92. The van der Waals surface area contributed by atoms with Gasteiger partial charge in [-0.05, 0) is 71.1 Å². The van der Waals surface area contributed by atoms with Crippen LogP contribution in [0.4, 0.5) is 0 Å². The minimum atomic E-state index is -0.632. The first-order valence-electron chi connectivity index (χ1n) is 12.9. The fourth-order valence-corrected chi connectivity index (χ4v) is 4.92. The molecule has 0 fully saturated rings. The van der Waals surface area contributed by atoms with Gasteiger partial charge in [0.25, 0.3) is 0 Å². The molecule has 208 valence electrons. The summed E-state index contributed by atoms with van der Waals surface area (Å²) in [6.45, 7) is 2.81. The van der Waals surface area contributed by atoms with Crippen LogP contribution >= 0.6 is 0 Å². The molecule has 0 saturated carbocycles. The molecule has 1 aliphatic heterocycles. The van der Waals surface area contributed by atoms with Crippen LogP contribution in [0.2, 0.25) is 0 Å². The number of carbonyl (C=O) groups excluding carboxylic acids is 1. The number of carbonyl (C=O) groups is 1. The molecule has 1 aliphatic rings. The number of hydrogen-bond acceptors (Lipinski definition) is 9. The van der Waals surface area contributed by atoms with Gasteiger partial charge in [0, 0.05) is 25.2 Å². The van der Waals surface area contributed by atoms with E-state index in [9.17, 15) is 4.79 Å². The van der Waals surface area contributed by atoms with Gasteiger partial charge in [-0.1, -0.05) is 12.1 Å². The summed E-state index contributed by atoms with van der Waals surface area (Å²) in [6, 6.07) is 15.3. The van der Waals surface area contributed by atoms with Crippen molar-refractivity contribution in [3.05, 3.63) is 70.8 Å². The van der Waals surface area contributed by atoms with E-state index in [-0.39, 0.29) is 11.4 Å². The Balaban J connectivity index is 1.26. The van der Waals surface area contributed by atoms with Crippen molar-refractivity contribution in [1.82, 2.24) is 25.1 Å². The van der Waals surface area contributed by atoms with Crippen molar-refractivity contribution < 1.29 is 23.7 Å². The average Bonchev–Trinajstić information content (AvgIpc) is 3.49. The largest absolute Gasteiger partial charge is 0.493 e. The van der Waals surface area contributed by atoms with Gasteiger partial charge in [0.15, 0.2) is 23.0 Å². The summed E-state index contributed by atoms with van der Waals surface area (Å²) in [6.07, 6.45) is 1.89. The monoisotopic (exact) mass is 544 g/mol. The molecule has 2 N–H and O–H groups in total. The van der Waals surface area contributed by atoms with Gasteiger partial charge < -0.3 is 24.7 Å². The van der Waals surface area contributed by atoms with E-state index in [0.717, 1.165) is 49.7 Å². The van der Waals surface area contributed by atoms with Crippen molar-refractivity contribution in [3.8, 4) is 40.1 Å². The van der Waals surface area contributed by atoms with Crippen molar-refractivity contribution in [3.63, 3.8) is 0 Å². The lowest BCUT2D eigenvalue weighted by Crippen LogP contribution is -2.32. The van der Waals surface area contributed by atoms with Crippen LogP contribution in [-0.4, -0.2) is 72.5 Å². The maximum Gasteiger partial charge on any atom is 0.249 e. The first-order chi connectivity index (χ1) is 19.4. The summed E-state index contributed by atoms with van der Waals surface area (Å²) >= 11 is 0. The normalized spacial score (nSPS) is 13.0. The maximum atomic E-state index is 12.1. The number of primary amides is 1. The molecule has 0 atom stereocenters. The number of nitrogens with zero attached hydrogens (tertiary/aromatic N) is 5. The molecule has 0 unspecified atom stereocenters. The van der Waals surface area contributed by atoms with E-state index in [4.69, 9.17) is 24.7 Å². The van der Waals surface area contributed by atoms with E-state index in [1.807, 2.05) is 12.1 Å². The smallest absolute Gasteiger partial charge is 0.249 e. The molecular formula is C29H32N6O5. The third-order valence-corrected chi connectivity index (χ3v) is 7.12. The Bertz CT molecular complexity index is 1520. The molecule has 1 aromatic heterocycles. The maximum absolute atomic E-state index is 12.1. The van der Waals surface area contributed by atoms with Crippen LogP contribution < -0.4 is 24.7 Å². The number of nitrogens with two attached hydrogens (primary N) is 1. The van der Waals surface area contributed by atoms with Crippen molar-refractivity contribution in [1.29, 1.82) is 0 Å². The number of rotatable bonds is 10. The number of ether oxygens (including phenoxy) is 4. The quantitative estimate of drug-likeness (QED) is 0.320. The SMILES string of the molecule is COc1cc2c(cc1OC)CN(CCc1ccc(-n3nnc(-c4cc(OC)c(OC)cc4C(N)=O)n3)cc1)CC2. The molecule has 0 bridgehead atoms. The highest BCUT2D eigenvalue weighted by Crippen LogP contribution is 2.35. The van der Waals surface area contributed by atoms with Crippen LogP contribution in [0, 0.1) is 0 Å². The third kappa shape index (κ3) is 5.41. The summed E-state index contributed by atoms with van der Waals surface area (Å²) in [5.74, 6) is 1.98. The molecule has 1 amide bonds. The third-order valence-electron chi connectivity index (χ3n) is 7.12. The van der Waals surface area contributed by atoms with Gasteiger partial charge in [-0.2, -0.15) is 0 Å². The molecule has 3 aromatic carbocycles. The number of benzene rings is 3. The van der Waals surface area contributed by atoms with Gasteiger partial charge >= 0.3 is 0 Å². The average molecular weight is 545 g/mol. The first-order valence-corrected chi connectivity index (χ1v) is 12.9. The summed E-state index contributed by atoms with van der Waals surface area (Å²) in [7, 11) is 6.33. The lowest BCUT2D eigenvalue weighted by molar-refractivity contribution is 0.100. The number of tetrazole rings is 1. The Morgan fingerprint density at radius 2 is 1.50 bits per heavy atom. The molecule has 4 aromatic rings.